The molecule has 0 saturated heterocycles. The largest absolute Gasteiger partial charge is 0.478 e. The summed E-state index contributed by atoms with van der Waals surface area (Å²) in [6.45, 7) is 6.57. The summed E-state index contributed by atoms with van der Waals surface area (Å²) >= 11 is 0. The van der Waals surface area contributed by atoms with Gasteiger partial charge in [0, 0.05) is 18.0 Å². The molecule has 3 nitrogen and oxygen atoms in total. The maximum Gasteiger partial charge on any atom is 0.336 e. The van der Waals surface area contributed by atoms with Crippen molar-refractivity contribution >= 4 is 5.97 Å². The van der Waals surface area contributed by atoms with E-state index in [1.165, 1.54) is 17.8 Å². The summed E-state index contributed by atoms with van der Waals surface area (Å²) < 4.78 is 0. The van der Waals surface area contributed by atoms with Crippen LogP contribution in [-0.2, 0) is 5.41 Å². The van der Waals surface area contributed by atoms with E-state index < -0.39 is 5.97 Å². The fourth-order valence-corrected chi connectivity index (χ4v) is 2.12. The number of carboxylic acid groups (broad SMARTS) is 1. The van der Waals surface area contributed by atoms with Gasteiger partial charge >= 0.3 is 5.97 Å². The van der Waals surface area contributed by atoms with E-state index in [0.717, 1.165) is 12.0 Å². The molecule has 0 fully saturated rings. The molecule has 0 spiro atoms. The maximum atomic E-state index is 11.2. The Hall–Kier alpha value is -2.16. The number of hydrogen-bond donors (Lipinski definition) is 1. The normalized spacial score (nSPS) is 11.3. The third kappa shape index (κ3) is 2.72. The number of nitrogens with zero attached hydrogens (tertiary/aromatic N) is 1. The van der Waals surface area contributed by atoms with Crippen LogP contribution in [0.1, 0.15) is 43.1 Å². The van der Waals surface area contributed by atoms with Gasteiger partial charge in [-0.1, -0.05) is 45.0 Å². The standard InChI is InChI=1S/C17H19NO2/c1-4-17(2,3)13-7-5-12(6-8-13)15-11-18-10-9-14(15)16(19)20/h5-11H,4H2,1-3H3,(H,19,20). The molecule has 1 heterocycles. The summed E-state index contributed by atoms with van der Waals surface area (Å²) in [6, 6.07) is 9.60. The minimum absolute atomic E-state index is 0.128. The molecule has 2 rings (SSSR count). The lowest BCUT2D eigenvalue weighted by atomic mass is 9.82. The van der Waals surface area contributed by atoms with Crippen LogP contribution in [0.2, 0.25) is 0 Å². The first-order chi connectivity index (χ1) is 9.45. The van der Waals surface area contributed by atoms with E-state index in [4.69, 9.17) is 0 Å². The molecule has 0 aliphatic carbocycles. The maximum absolute atomic E-state index is 11.2. The quantitative estimate of drug-likeness (QED) is 0.907. The molecule has 3 heteroatoms. The average molecular weight is 269 g/mol. The number of aromatic carboxylic acids is 1. The zero-order valence-corrected chi connectivity index (χ0v) is 12.1. The van der Waals surface area contributed by atoms with Gasteiger partial charge in [0.15, 0.2) is 0 Å². The highest BCUT2D eigenvalue weighted by molar-refractivity contribution is 5.95. The summed E-state index contributed by atoms with van der Waals surface area (Å²) in [5.74, 6) is -0.930. The fourth-order valence-electron chi connectivity index (χ4n) is 2.12. The molecule has 0 bridgehead atoms. The Balaban J connectivity index is 2.43. The van der Waals surface area contributed by atoms with E-state index in [0.29, 0.717) is 5.56 Å². The lowest BCUT2D eigenvalue weighted by molar-refractivity contribution is 0.0697. The van der Waals surface area contributed by atoms with E-state index in [1.807, 2.05) is 12.1 Å². The number of aromatic nitrogens is 1. The molecule has 0 amide bonds. The summed E-state index contributed by atoms with van der Waals surface area (Å²) in [5, 5.41) is 9.22. The van der Waals surface area contributed by atoms with Crippen LogP contribution in [0.25, 0.3) is 11.1 Å². The van der Waals surface area contributed by atoms with Crippen molar-refractivity contribution in [3.8, 4) is 11.1 Å². The fraction of sp³-hybridized carbons (Fsp3) is 0.294. The Labute approximate surface area is 119 Å². The van der Waals surface area contributed by atoms with Crippen LogP contribution in [0.4, 0.5) is 0 Å². The van der Waals surface area contributed by atoms with Crippen molar-refractivity contribution < 1.29 is 9.90 Å². The Morgan fingerprint density at radius 3 is 2.40 bits per heavy atom. The van der Waals surface area contributed by atoms with Crippen LogP contribution >= 0.6 is 0 Å². The Morgan fingerprint density at radius 1 is 1.20 bits per heavy atom. The predicted molar refractivity (Wildman–Crippen MR) is 79.9 cm³/mol. The number of hydrogen-bond acceptors (Lipinski definition) is 2. The van der Waals surface area contributed by atoms with Crippen molar-refractivity contribution in [2.45, 2.75) is 32.6 Å². The molecule has 2 aromatic rings. The van der Waals surface area contributed by atoms with Gasteiger partial charge in [0.05, 0.1) is 5.56 Å². The van der Waals surface area contributed by atoms with Crippen LogP contribution in [0, 0.1) is 0 Å². The monoisotopic (exact) mass is 269 g/mol. The summed E-state index contributed by atoms with van der Waals surface area (Å²) in [5.41, 5.74) is 3.20. The first-order valence-corrected chi connectivity index (χ1v) is 6.74. The smallest absolute Gasteiger partial charge is 0.336 e. The third-order valence-corrected chi connectivity index (χ3v) is 3.91. The van der Waals surface area contributed by atoms with Crippen LogP contribution in [0.15, 0.2) is 42.7 Å². The van der Waals surface area contributed by atoms with Crippen molar-refractivity contribution in [3.63, 3.8) is 0 Å². The lowest BCUT2D eigenvalue weighted by Crippen LogP contribution is -2.15. The highest BCUT2D eigenvalue weighted by atomic mass is 16.4. The van der Waals surface area contributed by atoms with Crippen molar-refractivity contribution in [1.82, 2.24) is 4.98 Å². The average Bonchev–Trinajstić information content (AvgIpc) is 2.47. The molecule has 1 aromatic heterocycles. The molecule has 1 aromatic carbocycles. The Kier molecular flexibility index (Phi) is 3.89. The van der Waals surface area contributed by atoms with E-state index >= 15 is 0 Å². The first-order valence-electron chi connectivity index (χ1n) is 6.74. The zero-order chi connectivity index (χ0) is 14.8. The van der Waals surface area contributed by atoms with E-state index in [2.05, 4.69) is 37.9 Å². The van der Waals surface area contributed by atoms with E-state index in [9.17, 15) is 9.90 Å². The molecule has 1 N–H and O–H groups in total. The minimum atomic E-state index is -0.930. The number of pyridine rings is 1. The van der Waals surface area contributed by atoms with Gasteiger partial charge in [-0.3, -0.25) is 4.98 Å². The van der Waals surface area contributed by atoms with E-state index in [-0.39, 0.29) is 11.0 Å². The van der Waals surface area contributed by atoms with Crippen molar-refractivity contribution in [2.24, 2.45) is 0 Å². The highest BCUT2D eigenvalue weighted by Crippen LogP contribution is 2.29. The van der Waals surface area contributed by atoms with Crippen LogP contribution < -0.4 is 0 Å². The second-order valence-corrected chi connectivity index (χ2v) is 5.54. The van der Waals surface area contributed by atoms with Gasteiger partial charge in [0.1, 0.15) is 0 Å². The van der Waals surface area contributed by atoms with Gasteiger partial charge < -0.3 is 5.11 Å². The second kappa shape index (κ2) is 5.45. The number of carbonyl (C=O) groups is 1. The SMILES string of the molecule is CCC(C)(C)c1ccc(-c2cnccc2C(=O)O)cc1. The first kappa shape index (κ1) is 14.3. The van der Waals surface area contributed by atoms with Gasteiger partial charge in [-0.15, -0.1) is 0 Å². The van der Waals surface area contributed by atoms with Crippen molar-refractivity contribution in [2.75, 3.05) is 0 Å². The van der Waals surface area contributed by atoms with E-state index in [1.54, 1.807) is 6.20 Å². The topological polar surface area (TPSA) is 50.2 Å². The highest BCUT2D eigenvalue weighted by Gasteiger charge is 2.18. The van der Waals surface area contributed by atoms with Gasteiger partial charge in [0.2, 0.25) is 0 Å². The number of carboxylic acids is 1. The van der Waals surface area contributed by atoms with Crippen LogP contribution in [0.3, 0.4) is 0 Å². The summed E-state index contributed by atoms with van der Waals surface area (Å²) in [6.07, 6.45) is 4.16. The third-order valence-electron chi connectivity index (χ3n) is 3.91. The summed E-state index contributed by atoms with van der Waals surface area (Å²) in [4.78, 5) is 15.3. The summed E-state index contributed by atoms with van der Waals surface area (Å²) in [7, 11) is 0. The van der Waals surface area contributed by atoms with Crippen molar-refractivity contribution in [1.29, 1.82) is 0 Å². The molecule has 20 heavy (non-hydrogen) atoms. The van der Waals surface area contributed by atoms with Crippen LogP contribution in [0.5, 0.6) is 0 Å². The molecule has 0 aliphatic rings. The Morgan fingerprint density at radius 2 is 1.85 bits per heavy atom. The molecule has 0 radical (unpaired) electrons. The Bertz CT molecular complexity index is 615. The molecular formula is C17H19NO2. The molecule has 0 atom stereocenters. The number of benzene rings is 1. The van der Waals surface area contributed by atoms with Gasteiger partial charge in [0.25, 0.3) is 0 Å². The molecular weight excluding hydrogens is 250 g/mol. The van der Waals surface area contributed by atoms with Gasteiger partial charge in [-0.2, -0.15) is 0 Å². The molecule has 0 unspecified atom stereocenters. The lowest BCUT2D eigenvalue weighted by Gasteiger charge is -2.23. The van der Waals surface area contributed by atoms with Gasteiger partial charge in [-0.25, -0.2) is 4.79 Å². The minimum Gasteiger partial charge on any atom is -0.478 e. The predicted octanol–water partition coefficient (Wildman–Crippen LogP) is 4.13. The van der Waals surface area contributed by atoms with Crippen molar-refractivity contribution in [3.05, 3.63) is 53.9 Å². The van der Waals surface area contributed by atoms with Gasteiger partial charge in [-0.05, 0) is 29.0 Å². The zero-order valence-electron chi connectivity index (χ0n) is 12.1. The number of rotatable bonds is 4. The molecule has 104 valence electrons. The molecule has 0 saturated carbocycles. The molecule has 0 aliphatic heterocycles. The van der Waals surface area contributed by atoms with Crippen LogP contribution in [-0.4, -0.2) is 16.1 Å². The second-order valence-electron chi connectivity index (χ2n) is 5.54.